The van der Waals surface area contributed by atoms with Gasteiger partial charge in [0.15, 0.2) is 0 Å². The number of fused-ring (bicyclic) bond motifs is 1. The van der Waals surface area contributed by atoms with Crippen LogP contribution in [0.25, 0.3) is 0 Å². The first-order valence-electron chi connectivity index (χ1n) is 4.41. The summed E-state index contributed by atoms with van der Waals surface area (Å²) in [5.74, 6) is -1.08. The molecule has 0 saturated heterocycles. The Morgan fingerprint density at radius 1 is 1.33 bits per heavy atom. The lowest BCUT2D eigenvalue weighted by atomic mass is 10.1. The summed E-state index contributed by atoms with van der Waals surface area (Å²) in [6, 6.07) is 5.03. The third-order valence-electron chi connectivity index (χ3n) is 2.26. The zero-order chi connectivity index (χ0) is 11.0. The molecule has 2 rings (SSSR count). The molecule has 5 heteroatoms. The largest absolute Gasteiger partial charge is 0.395 e. The molecule has 0 radical (unpaired) electrons. The van der Waals surface area contributed by atoms with Gasteiger partial charge in [-0.05, 0) is 18.2 Å². The van der Waals surface area contributed by atoms with Crippen molar-refractivity contribution >= 4 is 33.3 Å². The molecule has 1 aliphatic rings. The monoisotopic (exact) mass is 269 g/mol. The number of β-amino-alcohol motifs (C(OH)–C–C–N with tert-alkyl or cyclic N) is 1. The minimum absolute atomic E-state index is 0.147. The van der Waals surface area contributed by atoms with Gasteiger partial charge in [0, 0.05) is 11.0 Å². The molecule has 78 valence electrons. The number of carbonyl (C=O) groups is 2. The van der Waals surface area contributed by atoms with E-state index in [1.54, 1.807) is 18.2 Å². The highest BCUT2D eigenvalue weighted by Gasteiger charge is 2.35. The van der Waals surface area contributed by atoms with Gasteiger partial charge in [0.2, 0.25) is 0 Å². The van der Waals surface area contributed by atoms with E-state index >= 15 is 0 Å². The lowest BCUT2D eigenvalue weighted by Crippen LogP contribution is -2.32. The van der Waals surface area contributed by atoms with E-state index in [9.17, 15) is 9.59 Å². The van der Waals surface area contributed by atoms with Crippen molar-refractivity contribution in [2.45, 2.75) is 0 Å². The summed E-state index contributed by atoms with van der Waals surface area (Å²) in [7, 11) is 0. The molecule has 0 fully saturated rings. The maximum atomic E-state index is 11.5. The van der Waals surface area contributed by atoms with Gasteiger partial charge >= 0.3 is 0 Å². The van der Waals surface area contributed by atoms with E-state index in [-0.39, 0.29) is 13.2 Å². The van der Waals surface area contributed by atoms with Crippen molar-refractivity contribution in [3.63, 3.8) is 0 Å². The minimum atomic E-state index is -0.572. The van der Waals surface area contributed by atoms with E-state index in [4.69, 9.17) is 5.11 Å². The molecule has 1 aromatic carbocycles. The average Bonchev–Trinajstić information content (AvgIpc) is 2.44. The molecule has 1 amide bonds. The highest BCUT2D eigenvalue weighted by molar-refractivity contribution is 9.10. The lowest BCUT2D eigenvalue weighted by molar-refractivity contribution is -0.114. The standard InChI is InChI=1S/C10H8BrNO3/c11-6-1-2-7-8(5-6)12(3-4-13)10(15)9(7)14/h1-2,5,13H,3-4H2. The number of halogens is 1. The number of aliphatic hydroxyl groups is 1. The van der Waals surface area contributed by atoms with Gasteiger partial charge in [0.05, 0.1) is 17.9 Å². The molecule has 1 N–H and O–H groups in total. The second kappa shape index (κ2) is 3.75. The van der Waals surface area contributed by atoms with Crippen LogP contribution >= 0.6 is 15.9 Å². The van der Waals surface area contributed by atoms with Gasteiger partial charge in [-0.1, -0.05) is 15.9 Å². The highest BCUT2D eigenvalue weighted by atomic mass is 79.9. The van der Waals surface area contributed by atoms with Gasteiger partial charge in [-0.2, -0.15) is 0 Å². The van der Waals surface area contributed by atoms with Gasteiger partial charge in [0.25, 0.3) is 11.7 Å². The van der Waals surface area contributed by atoms with Crippen LogP contribution in [0.15, 0.2) is 22.7 Å². The number of aliphatic hydroxyl groups excluding tert-OH is 1. The molecule has 15 heavy (non-hydrogen) atoms. The van der Waals surface area contributed by atoms with Crippen LogP contribution in [-0.4, -0.2) is 29.9 Å². The zero-order valence-corrected chi connectivity index (χ0v) is 9.32. The highest BCUT2D eigenvalue weighted by Crippen LogP contribution is 2.31. The van der Waals surface area contributed by atoms with Crippen molar-refractivity contribution in [1.82, 2.24) is 0 Å². The summed E-state index contributed by atoms with van der Waals surface area (Å²) in [6.07, 6.45) is 0. The van der Waals surface area contributed by atoms with E-state index in [2.05, 4.69) is 15.9 Å². The van der Waals surface area contributed by atoms with E-state index in [1.165, 1.54) is 4.90 Å². The second-order valence-corrected chi connectivity index (χ2v) is 4.09. The number of benzene rings is 1. The maximum Gasteiger partial charge on any atom is 0.299 e. The Bertz CT molecular complexity index is 444. The molecular formula is C10H8BrNO3. The normalized spacial score (nSPS) is 14.7. The SMILES string of the molecule is O=C1C(=O)N(CCO)c2cc(Br)ccc21. The molecule has 4 nitrogen and oxygen atoms in total. The van der Waals surface area contributed by atoms with Gasteiger partial charge in [0.1, 0.15) is 0 Å². The van der Waals surface area contributed by atoms with Crippen LogP contribution in [0.2, 0.25) is 0 Å². The van der Waals surface area contributed by atoms with Crippen molar-refractivity contribution in [3.05, 3.63) is 28.2 Å². The Kier molecular flexibility index (Phi) is 2.58. The first kappa shape index (κ1) is 10.3. The molecule has 0 spiro atoms. The van der Waals surface area contributed by atoms with Crippen LogP contribution in [-0.2, 0) is 4.79 Å². The van der Waals surface area contributed by atoms with E-state index < -0.39 is 11.7 Å². The van der Waals surface area contributed by atoms with Crippen LogP contribution in [0.5, 0.6) is 0 Å². The number of hydrogen-bond acceptors (Lipinski definition) is 3. The first-order valence-corrected chi connectivity index (χ1v) is 5.21. The number of carbonyl (C=O) groups excluding carboxylic acids is 2. The van der Waals surface area contributed by atoms with Gasteiger partial charge < -0.3 is 10.0 Å². The minimum Gasteiger partial charge on any atom is -0.395 e. The van der Waals surface area contributed by atoms with Crippen LogP contribution in [0, 0.1) is 0 Å². The number of ketones is 1. The number of rotatable bonds is 2. The molecule has 0 atom stereocenters. The van der Waals surface area contributed by atoms with Crippen molar-refractivity contribution in [2.75, 3.05) is 18.1 Å². The number of Topliss-reactive ketones (excluding diaryl/α,β-unsaturated/α-hetero) is 1. The smallest absolute Gasteiger partial charge is 0.299 e. The van der Waals surface area contributed by atoms with Crippen LogP contribution in [0.1, 0.15) is 10.4 Å². The van der Waals surface area contributed by atoms with Gasteiger partial charge in [-0.25, -0.2) is 0 Å². The van der Waals surface area contributed by atoms with E-state index in [1.807, 2.05) is 0 Å². The van der Waals surface area contributed by atoms with E-state index in [0.717, 1.165) is 4.47 Å². The fourth-order valence-electron chi connectivity index (χ4n) is 1.59. The van der Waals surface area contributed by atoms with Crippen LogP contribution < -0.4 is 4.90 Å². The van der Waals surface area contributed by atoms with E-state index in [0.29, 0.717) is 11.3 Å². The average molecular weight is 270 g/mol. The van der Waals surface area contributed by atoms with Crippen molar-refractivity contribution in [1.29, 1.82) is 0 Å². The molecule has 0 unspecified atom stereocenters. The number of nitrogens with zero attached hydrogens (tertiary/aromatic N) is 1. The molecule has 1 heterocycles. The predicted molar refractivity (Wildman–Crippen MR) is 57.9 cm³/mol. The Hall–Kier alpha value is -1.20. The Labute approximate surface area is 94.6 Å². The quantitative estimate of drug-likeness (QED) is 0.815. The Morgan fingerprint density at radius 2 is 2.07 bits per heavy atom. The van der Waals surface area contributed by atoms with Gasteiger partial charge in [-0.15, -0.1) is 0 Å². The molecule has 1 aliphatic heterocycles. The Balaban J connectivity index is 2.51. The zero-order valence-electron chi connectivity index (χ0n) is 7.74. The van der Waals surface area contributed by atoms with Crippen molar-refractivity contribution < 1.29 is 14.7 Å². The summed E-state index contributed by atoms with van der Waals surface area (Å²) in [5, 5.41) is 8.81. The summed E-state index contributed by atoms with van der Waals surface area (Å²) < 4.78 is 0.798. The molecule has 0 bridgehead atoms. The Morgan fingerprint density at radius 3 is 2.73 bits per heavy atom. The summed E-state index contributed by atoms with van der Waals surface area (Å²) in [4.78, 5) is 24.3. The fraction of sp³-hybridized carbons (Fsp3) is 0.200. The molecule has 1 aromatic rings. The fourth-order valence-corrected chi connectivity index (χ4v) is 1.94. The second-order valence-electron chi connectivity index (χ2n) is 3.17. The maximum absolute atomic E-state index is 11.5. The van der Waals surface area contributed by atoms with Crippen LogP contribution in [0.4, 0.5) is 5.69 Å². The predicted octanol–water partition coefficient (Wildman–Crippen LogP) is 0.971. The molecular weight excluding hydrogens is 262 g/mol. The number of amides is 1. The molecule has 0 aliphatic carbocycles. The van der Waals surface area contributed by atoms with Crippen molar-refractivity contribution in [2.24, 2.45) is 0 Å². The third kappa shape index (κ3) is 1.57. The topological polar surface area (TPSA) is 57.6 Å². The number of anilines is 1. The molecule has 0 saturated carbocycles. The third-order valence-corrected chi connectivity index (χ3v) is 2.75. The molecule has 0 aromatic heterocycles. The number of hydrogen-bond donors (Lipinski definition) is 1. The van der Waals surface area contributed by atoms with Crippen molar-refractivity contribution in [3.8, 4) is 0 Å². The summed E-state index contributed by atoms with van der Waals surface area (Å²) in [5.41, 5.74) is 0.963. The lowest BCUT2D eigenvalue weighted by Gasteiger charge is -2.14. The summed E-state index contributed by atoms with van der Waals surface area (Å²) >= 11 is 3.27. The summed E-state index contributed by atoms with van der Waals surface area (Å²) in [6.45, 7) is -0.0149. The first-order chi connectivity index (χ1) is 7.15. The van der Waals surface area contributed by atoms with Crippen LogP contribution in [0.3, 0.4) is 0 Å². The van der Waals surface area contributed by atoms with Gasteiger partial charge in [-0.3, -0.25) is 9.59 Å².